The van der Waals surface area contributed by atoms with Crippen molar-refractivity contribution in [3.05, 3.63) is 72.3 Å². The third-order valence-electron chi connectivity index (χ3n) is 3.49. The molecule has 0 aliphatic rings. The van der Waals surface area contributed by atoms with Crippen molar-refractivity contribution >= 4 is 29.5 Å². The summed E-state index contributed by atoms with van der Waals surface area (Å²) >= 11 is 0. The molecule has 1 atom stereocenters. The predicted octanol–water partition coefficient (Wildman–Crippen LogP) is 7.74. The zero-order valence-electron chi connectivity index (χ0n) is 14.1. The zero-order chi connectivity index (χ0) is 20.4. The predicted molar refractivity (Wildman–Crippen MR) is 101 cm³/mol. The van der Waals surface area contributed by atoms with Crippen LogP contribution in [0.3, 0.4) is 0 Å². The second-order valence-corrected chi connectivity index (χ2v) is 9.82. The van der Waals surface area contributed by atoms with E-state index in [2.05, 4.69) is 48.7 Å². The van der Waals surface area contributed by atoms with Crippen LogP contribution < -0.4 is 0 Å². The Morgan fingerprint density at radius 2 is 1.30 bits per heavy atom. The fourth-order valence-electron chi connectivity index (χ4n) is 2.41. The number of aromatic hydroxyl groups is 1. The Hall–Kier alpha value is -1.92. The molecule has 0 heterocycles. The number of halogens is 6. The number of hydrogen-bond donors (Lipinski definition) is 1. The molecule has 1 nitrogen and oxygen atoms in total. The number of benzene rings is 3. The quantitative estimate of drug-likeness (QED) is 0.258. The molecule has 0 aliphatic heterocycles. The second kappa shape index (κ2) is 6.91. The van der Waals surface area contributed by atoms with Gasteiger partial charge in [-0.1, -0.05) is 42.5 Å². The third-order valence-corrected chi connectivity index (χ3v) is 5.31. The van der Waals surface area contributed by atoms with Crippen molar-refractivity contribution in [2.75, 3.05) is 6.26 Å². The van der Waals surface area contributed by atoms with Gasteiger partial charge in [0, 0.05) is 16.5 Å². The van der Waals surface area contributed by atoms with Gasteiger partial charge in [0.05, 0.1) is 0 Å². The molecule has 3 rings (SSSR count). The monoisotopic (exact) mass is 426 g/mol. The fourth-order valence-corrected chi connectivity index (χ4v) is 3.90. The number of rotatable bonds is 3. The van der Waals surface area contributed by atoms with Crippen molar-refractivity contribution in [3.8, 4) is 5.75 Å². The molecule has 0 radical (unpaired) electrons. The first-order chi connectivity index (χ1) is 12.2. The summed E-state index contributed by atoms with van der Waals surface area (Å²) in [6.45, 7) is 0. The maximum atomic E-state index is 9.87. The van der Waals surface area contributed by atoms with Crippen molar-refractivity contribution in [2.24, 2.45) is 0 Å². The molecule has 27 heavy (non-hydrogen) atoms. The molecule has 148 valence electrons. The van der Waals surface area contributed by atoms with Crippen molar-refractivity contribution < 1.29 is 30.3 Å². The van der Waals surface area contributed by atoms with E-state index >= 15 is 0 Å². The van der Waals surface area contributed by atoms with Gasteiger partial charge >= 0.3 is 33.0 Å². The van der Waals surface area contributed by atoms with Gasteiger partial charge in [0.25, 0.3) is 0 Å². The van der Waals surface area contributed by atoms with Crippen molar-refractivity contribution in [2.45, 2.75) is 10.6 Å². The molecule has 0 aromatic heterocycles. The van der Waals surface area contributed by atoms with Gasteiger partial charge in [-0.2, -0.15) is 0 Å². The van der Waals surface area contributed by atoms with E-state index in [-0.39, 0.29) is 10.9 Å². The standard InChI is InChI=1S/C18H16OS.F6P/c1-20(17-11-9-16(19)10-12-17)13-15-7-4-6-14-5-2-3-8-18(14)15;1-7(2,3,4,5)6/h2-12H,13H2,1H3;/q;-1/p+1. The number of fused-ring (bicyclic) bond motifs is 1. The van der Waals surface area contributed by atoms with Gasteiger partial charge in [-0.3, -0.25) is 0 Å². The Balaban J connectivity index is 0.000000321. The molecule has 0 saturated carbocycles. The molecule has 9 heteroatoms. The van der Waals surface area contributed by atoms with E-state index in [1.807, 2.05) is 12.1 Å². The molecular weight excluding hydrogens is 409 g/mol. The molecule has 1 unspecified atom stereocenters. The Morgan fingerprint density at radius 3 is 1.89 bits per heavy atom. The zero-order valence-corrected chi connectivity index (χ0v) is 15.8. The summed E-state index contributed by atoms with van der Waals surface area (Å²) in [7, 11) is -10.5. The van der Waals surface area contributed by atoms with Gasteiger partial charge in [0.1, 0.15) is 17.8 Å². The second-order valence-electron chi connectivity index (χ2n) is 5.87. The van der Waals surface area contributed by atoms with E-state index in [1.54, 1.807) is 12.1 Å². The number of phenolic OH excluding ortho intramolecular Hbond substituents is 1. The molecule has 0 bridgehead atoms. The molecule has 0 amide bonds. The van der Waals surface area contributed by atoms with Gasteiger partial charge < -0.3 is 5.11 Å². The fraction of sp³-hybridized carbons (Fsp3) is 0.111. The third kappa shape index (κ3) is 8.54. The average Bonchev–Trinajstić information content (AvgIpc) is 2.53. The summed E-state index contributed by atoms with van der Waals surface area (Å²) in [6, 6.07) is 22.6. The molecule has 1 N–H and O–H groups in total. The van der Waals surface area contributed by atoms with Crippen LogP contribution in [0.15, 0.2) is 71.6 Å². The van der Waals surface area contributed by atoms with Crippen LogP contribution in [0.25, 0.3) is 10.8 Å². The average molecular weight is 426 g/mol. The summed E-state index contributed by atoms with van der Waals surface area (Å²) in [6.07, 6.45) is 2.26. The first-order valence-electron chi connectivity index (χ1n) is 7.64. The summed E-state index contributed by atoms with van der Waals surface area (Å²) in [4.78, 5) is 1.29. The van der Waals surface area contributed by atoms with Crippen LogP contribution in [0, 0.1) is 0 Å². The van der Waals surface area contributed by atoms with Crippen LogP contribution in [0.1, 0.15) is 5.56 Å². The Morgan fingerprint density at radius 1 is 0.778 bits per heavy atom. The Bertz CT molecular complexity index is 910. The van der Waals surface area contributed by atoms with Crippen molar-refractivity contribution in [1.29, 1.82) is 0 Å². The van der Waals surface area contributed by atoms with E-state index in [1.165, 1.54) is 21.2 Å². The Labute approximate surface area is 155 Å². The van der Waals surface area contributed by atoms with E-state index in [9.17, 15) is 30.3 Å². The minimum absolute atomic E-state index is 0.140. The van der Waals surface area contributed by atoms with Crippen molar-refractivity contribution in [1.82, 2.24) is 0 Å². The van der Waals surface area contributed by atoms with Gasteiger partial charge in [0.15, 0.2) is 4.90 Å². The van der Waals surface area contributed by atoms with Gasteiger partial charge in [-0.15, -0.1) is 0 Å². The summed E-state index contributed by atoms with van der Waals surface area (Å²) in [5.74, 6) is 1.36. The summed E-state index contributed by atoms with van der Waals surface area (Å²) < 4.78 is 59.2. The van der Waals surface area contributed by atoms with Crippen LogP contribution in [0.2, 0.25) is 0 Å². The van der Waals surface area contributed by atoms with Crippen LogP contribution in [0.5, 0.6) is 5.75 Å². The van der Waals surface area contributed by atoms with E-state index < -0.39 is 7.81 Å². The van der Waals surface area contributed by atoms with E-state index in [4.69, 9.17) is 0 Å². The number of phenols is 1. The van der Waals surface area contributed by atoms with Crippen LogP contribution in [-0.2, 0) is 16.6 Å². The Kier molecular flexibility index (Phi) is 5.47. The molecule has 3 aromatic carbocycles. The van der Waals surface area contributed by atoms with E-state index in [0.29, 0.717) is 5.75 Å². The molecule has 0 aliphatic carbocycles. The normalized spacial score (nSPS) is 15.2. The minimum atomic E-state index is -10.7. The van der Waals surface area contributed by atoms with Crippen LogP contribution in [0.4, 0.5) is 25.2 Å². The first kappa shape index (κ1) is 21.4. The number of hydrogen-bond acceptors (Lipinski definition) is 1. The summed E-state index contributed by atoms with van der Waals surface area (Å²) in [5, 5.41) is 12.0. The van der Waals surface area contributed by atoms with Gasteiger partial charge in [-0.25, -0.2) is 0 Å². The van der Waals surface area contributed by atoms with Crippen LogP contribution >= 0.6 is 7.81 Å². The van der Waals surface area contributed by atoms with E-state index in [0.717, 1.165) is 5.75 Å². The molecular formula is C18H17F6OPS. The molecule has 0 saturated heterocycles. The van der Waals surface area contributed by atoms with Gasteiger partial charge in [0.2, 0.25) is 0 Å². The van der Waals surface area contributed by atoms with Crippen molar-refractivity contribution in [3.63, 3.8) is 0 Å². The van der Waals surface area contributed by atoms with Crippen LogP contribution in [-0.4, -0.2) is 11.4 Å². The molecule has 0 spiro atoms. The first-order valence-corrected chi connectivity index (χ1v) is 11.5. The molecule has 0 fully saturated rings. The topological polar surface area (TPSA) is 20.2 Å². The summed E-state index contributed by atoms with van der Waals surface area (Å²) in [5.41, 5.74) is 1.39. The maximum absolute atomic E-state index is 10.7. The molecule has 3 aromatic rings. The SMILES string of the molecule is C[S+](Cc1cccc2ccccc12)c1ccc(O)cc1.F[P-](F)(F)(F)(F)F. The van der Waals surface area contributed by atoms with Gasteiger partial charge in [-0.05, 0) is 35.0 Å².